The molecule has 0 aliphatic carbocycles. The molecule has 8 heteroatoms. The summed E-state index contributed by atoms with van der Waals surface area (Å²) in [6, 6.07) is 5.44. The van der Waals surface area contributed by atoms with E-state index in [1.807, 2.05) is 11.0 Å². The van der Waals surface area contributed by atoms with Crippen LogP contribution >= 0.6 is 11.6 Å². The molecule has 154 valence electrons. The van der Waals surface area contributed by atoms with Gasteiger partial charge in [0.25, 0.3) is 11.8 Å². The van der Waals surface area contributed by atoms with Crippen LogP contribution in [0.1, 0.15) is 35.2 Å². The first-order chi connectivity index (χ1) is 14.5. The summed E-state index contributed by atoms with van der Waals surface area (Å²) in [5.41, 5.74) is 8.80. The summed E-state index contributed by atoms with van der Waals surface area (Å²) < 4.78 is 6.19. The van der Waals surface area contributed by atoms with Crippen molar-refractivity contribution in [2.45, 2.75) is 31.8 Å². The zero-order chi connectivity index (χ0) is 20.8. The normalized spacial score (nSPS) is 18.3. The molecule has 4 heterocycles. The number of piperidine rings is 1. The second-order valence-corrected chi connectivity index (χ2v) is 8.22. The number of rotatable bonds is 3. The molecule has 3 N–H and O–H groups in total. The van der Waals surface area contributed by atoms with Gasteiger partial charge in [0.2, 0.25) is 0 Å². The van der Waals surface area contributed by atoms with E-state index < -0.39 is 12.0 Å². The molecule has 2 aromatic heterocycles. The maximum absolute atomic E-state index is 13.0. The van der Waals surface area contributed by atoms with E-state index in [1.165, 1.54) is 0 Å². The number of nitrogens with one attached hydrogen (secondary N) is 1. The molecule has 0 bridgehead atoms. The number of aromatic amines is 1. The number of hydrogen-bond donors (Lipinski definition) is 2. The summed E-state index contributed by atoms with van der Waals surface area (Å²) in [6.45, 7) is 1.55. The molecule has 1 saturated heterocycles. The highest BCUT2D eigenvalue weighted by Gasteiger charge is 2.35. The molecule has 3 aromatic rings. The van der Waals surface area contributed by atoms with Gasteiger partial charge >= 0.3 is 0 Å². The SMILES string of the molecule is NC(=O)c1c[nH]c2nccc(-c3cc(Cl)cc4c3OC(C(=O)N3CCCCC3)C4)c12. The minimum atomic E-state index is -0.561. The molecule has 5 rings (SSSR count). The minimum absolute atomic E-state index is 0.0207. The lowest BCUT2D eigenvalue weighted by Crippen LogP contribution is -2.43. The number of aromatic nitrogens is 2. The number of ether oxygens (including phenoxy) is 1. The average molecular weight is 425 g/mol. The Kier molecular flexibility index (Phi) is 4.62. The number of carbonyl (C=O) groups is 2. The quantitative estimate of drug-likeness (QED) is 0.673. The summed E-state index contributed by atoms with van der Waals surface area (Å²) in [7, 11) is 0. The summed E-state index contributed by atoms with van der Waals surface area (Å²) in [4.78, 5) is 34.1. The van der Waals surface area contributed by atoms with Crippen molar-refractivity contribution in [3.05, 3.63) is 46.7 Å². The summed E-state index contributed by atoms with van der Waals surface area (Å²) in [5.74, 6) is 0.0967. The van der Waals surface area contributed by atoms with E-state index in [0.717, 1.165) is 49.0 Å². The lowest BCUT2D eigenvalue weighted by molar-refractivity contribution is -0.138. The summed E-state index contributed by atoms with van der Waals surface area (Å²) >= 11 is 6.42. The highest BCUT2D eigenvalue weighted by molar-refractivity contribution is 6.31. The Morgan fingerprint density at radius 3 is 2.77 bits per heavy atom. The van der Waals surface area contributed by atoms with Crippen LogP contribution in [0.4, 0.5) is 0 Å². The zero-order valence-corrected chi connectivity index (χ0v) is 17.0. The number of likely N-dealkylation sites (tertiary alicyclic amines) is 1. The maximum atomic E-state index is 13.0. The van der Waals surface area contributed by atoms with Gasteiger partial charge in [0.1, 0.15) is 11.4 Å². The second kappa shape index (κ2) is 7.32. The van der Waals surface area contributed by atoms with E-state index in [0.29, 0.717) is 33.8 Å². The lowest BCUT2D eigenvalue weighted by Gasteiger charge is -2.28. The van der Waals surface area contributed by atoms with Crippen LogP contribution in [0.3, 0.4) is 0 Å². The van der Waals surface area contributed by atoms with Crippen molar-refractivity contribution in [2.24, 2.45) is 5.73 Å². The molecule has 2 amide bonds. The van der Waals surface area contributed by atoms with E-state index in [-0.39, 0.29) is 5.91 Å². The predicted molar refractivity (Wildman–Crippen MR) is 114 cm³/mol. The molecular weight excluding hydrogens is 404 g/mol. The minimum Gasteiger partial charge on any atom is -0.479 e. The van der Waals surface area contributed by atoms with Crippen molar-refractivity contribution in [1.29, 1.82) is 0 Å². The molecule has 1 aromatic carbocycles. The molecular formula is C22H21ClN4O3. The van der Waals surface area contributed by atoms with E-state index in [1.54, 1.807) is 24.5 Å². The summed E-state index contributed by atoms with van der Waals surface area (Å²) in [6.07, 6.45) is 6.33. The lowest BCUT2D eigenvalue weighted by atomic mass is 9.97. The van der Waals surface area contributed by atoms with Crippen molar-refractivity contribution in [1.82, 2.24) is 14.9 Å². The summed E-state index contributed by atoms with van der Waals surface area (Å²) in [5, 5.41) is 1.16. The van der Waals surface area contributed by atoms with E-state index >= 15 is 0 Å². The smallest absolute Gasteiger partial charge is 0.263 e. The Labute approximate surface area is 178 Å². The number of primary amides is 1. The highest BCUT2D eigenvalue weighted by atomic mass is 35.5. The van der Waals surface area contributed by atoms with Gasteiger partial charge in [-0.3, -0.25) is 9.59 Å². The molecule has 2 aliphatic heterocycles. The Bertz CT molecular complexity index is 1170. The molecule has 2 aliphatic rings. The van der Waals surface area contributed by atoms with Crippen molar-refractivity contribution in [3.63, 3.8) is 0 Å². The number of halogens is 1. The number of carbonyl (C=O) groups excluding carboxylic acids is 2. The van der Waals surface area contributed by atoms with Crippen LogP contribution in [0, 0.1) is 0 Å². The van der Waals surface area contributed by atoms with Crippen LogP contribution in [0.25, 0.3) is 22.2 Å². The van der Waals surface area contributed by atoms with Crippen LogP contribution < -0.4 is 10.5 Å². The van der Waals surface area contributed by atoms with Gasteiger partial charge in [-0.2, -0.15) is 0 Å². The fourth-order valence-corrected chi connectivity index (χ4v) is 4.70. The molecule has 1 atom stereocenters. The van der Waals surface area contributed by atoms with E-state index in [4.69, 9.17) is 22.1 Å². The number of pyridine rings is 1. The fraction of sp³-hybridized carbons (Fsp3) is 0.318. The zero-order valence-electron chi connectivity index (χ0n) is 16.3. The molecule has 1 unspecified atom stereocenters. The van der Waals surface area contributed by atoms with Gasteiger partial charge in [-0.25, -0.2) is 4.98 Å². The van der Waals surface area contributed by atoms with Crippen molar-refractivity contribution >= 4 is 34.4 Å². The monoisotopic (exact) mass is 424 g/mol. The van der Waals surface area contributed by atoms with Gasteiger partial charge in [-0.1, -0.05) is 11.6 Å². The number of fused-ring (bicyclic) bond motifs is 2. The van der Waals surface area contributed by atoms with Crippen LogP contribution in [-0.2, 0) is 11.2 Å². The van der Waals surface area contributed by atoms with Crippen LogP contribution in [0.15, 0.2) is 30.6 Å². The van der Waals surface area contributed by atoms with Crippen molar-refractivity contribution < 1.29 is 14.3 Å². The molecule has 1 fully saturated rings. The van der Waals surface area contributed by atoms with Crippen LogP contribution in [0.2, 0.25) is 5.02 Å². The number of H-pyrrole nitrogens is 1. The molecule has 0 saturated carbocycles. The number of nitrogens with zero attached hydrogens (tertiary/aromatic N) is 2. The third-order valence-corrected chi connectivity index (χ3v) is 6.09. The van der Waals surface area contributed by atoms with Gasteiger partial charge in [-0.15, -0.1) is 0 Å². The number of benzene rings is 1. The Morgan fingerprint density at radius 1 is 1.20 bits per heavy atom. The topological polar surface area (TPSA) is 101 Å². The van der Waals surface area contributed by atoms with E-state index in [2.05, 4.69) is 9.97 Å². The van der Waals surface area contributed by atoms with Gasteiger partial charge in [-0.05, 0) is 43.0 Å². The van der Waals surface area contributed by atoms with Gasteiger partial charge in [0.05, 0.1) is 5.56 Å². The molecule has 0 spiro atoms. The Hall–Kier alpha value is -3.06. The third-order valence-electron chi connectivity index (χ3n) is 5.87. The first-order valence-corrected chi connectivity index (χ1v) is 10.4. The van der Waals surface area contributed by atoms with Gasteiger partial charge < -0.3 is 20.4 Å². The number of hydrogen-bond acceptors (Lipinski definition) is 4. The number of amides is 2. The molecule has 0 radical (unpaired) electrons. The molecule has 30 heavy (non-hydrogen) atoms. The predicted octanol–water partition coefficient (Wildman–Crippen LogP) is 3.30. The largest absolute Gasteiger partial charge is 0.479 e. The maximum Gasteiger partial charge on any atom is 0.263 e. The fourth-order valence-electron chi connectivity index (χ4n) is 4.46. The van der Waals surface area contributed by atoms with Crippen LogP contribution in [-0.4, -0.2) is 45.9 Å². The Balaban J connectivity index is 1.58. The average Bonchev–Trinajstić information content (AvgIpc) is 3.37. The standard InChI is InChI=1S/C22H21ClN4O3/c23-13-8-12-9-17(22(29)27-6-2-1-3-7-27)30-19(12)15(10-13)14-4-5-25-21-18(14)16(11-26-21)20(24)28/h4-5,8,10-11,17H,1-3,6-7,9H2,(H2,24,28)(H,25,26). The van der Waals surface area contributed by atoms with Crippen LogP contribution in [0.5, 0.6) is 5.75 Å². The highest BCUT2D eigenvalue weighted by Crippen LogP contribution is 2.43. The number of nitrogens with two attached hydrogens (primary N) is 1. The van der Waals surface area contributed by atoms with Gasteiger partial charge in [0, 0.05) is 53.4 Å². The first kappa shape index (κ1) is 18.9. The first-order valence-electron chi connectivity index (χ1n) is 10.1. The third kappa shape index (κ3) is 3.10. The van der Waals surface area contributed by atoms with Crippen molar-refractivity contribution in [2.75, 3.05) is 13.1 Å². The van der Waals surface area contributed by atoms with E-state index in [9.17, 15) is 9.59 Å². The second-order valence-electron chi connectivity index (χ2n) is 7.79. The molecule has 7 nitrogen and oxygen atoms in total. The van der Waals surface area contributed by atoms with Crippen molar-refractivity contribution in [3.8, 4) is 16.9 Å². The Morgan fingerprint density at radius 2 is 2.00 bits per heavy atom. The van der Waals surface area contributed by atoms with Gasteiger partial charge in [0.15, 0.2) is 6.10 Å².